The first-order valence-electron chi connectivity index (χ1n) is 8.58. The van der Waals surface area contributed by atoms with Crippen LogP contribution in [0.5, 0.6) is 0 Å². The molecule has 4 fully saturated rings. The SMILES string of the molecule is C[C@]12CC3CC(C(=O)NCc4ccncc4)(C1)C[C@@](C)(C3)C2. The van der Waals surface area contributed by atoms with Gasteiger partial charge in [-0.15, -0.1) is 0 Å². The van der Waals surface area contributed by atoms with Gasteiger partial charge in [0, 0.05) is 18.9 Å². The summed E-state index contributed by atoms with van der Waals surface area (Å²) in [5.41, 5.74) is 1.81. The highest BCUT2D eigenvalue weighted by molar-refractivity contribution is 5.83. The van der Waals surface area contributed by atoms with Crippen LogP contribution in [0.4, 0.5) is 0 Å². The molecular weight excluding hydrogens is 272 g/mol. The van der Waals surface area contributed by atoms with Crippen LogP contribution in [0.15, 0.2) is 24.5 Å². The molecule has 4 bridgehead atoms. The van der Waals surface area contributed by atoms with Crippen LogP contribution in [0, 0.1) is 22.2 Å². The summed E-state index contributed by atoms with van der Waals surface area (Å²) in [6.07, 6.45) is 10.9. The fourth-order valence-corrected chi connectivity index (χ4v) is 6.57. The van der Waals surface area contributed by atoms with E-state index in [1.165, 1.54) is 19.3 Å². The van der Waals surface area contributed by atoms with Crippen molar-refractivity contribution in [1.82, 2.24) is 10.3 Å². The Morgan fingerprint density at radius 2 is 1.77 bits per heavy atom. The number of nitrogens with zero attached hydrogens (tertiary/aromatic N) is 1. The highest BCUT2D eigenvalue weighted by Gasteiger charge is 2.62. The summed E-state index contributed by atoms with van der Waals surface area (Å²) < 4.78 is 0. The van der Waals surface area contributed by atoms with E-state index in [1.54, 1.807) is 12.4 Å². The predicted octanol–water partition coefficient (Wildman–Crippen LogP) is 3.69. The average Bonchev–Trinajstić information content (AvgIpc) is 2.42. The summed E-state index contributed by atoms with van der Waals surface area (Å²) in [5, 5.41) is 3.22. The lowest BCUT2D eigenvalue weighted by Gasteiger charge is -2.64. The maximum absolute atomic E-state index is 13.0. The molecule has 4 aliphatic rings. The Morgan fingerprint density at radius 1 is 1.14 bits per heavy atom. The number of rotatable bonds is 3. The number of carbonyl (C=O) groups excluding carboxylic acids is 1. The fraction of sp³-hybridized carbons (Fsp3) is 0.684. The Hall–Kier alpha value is -1.38. The summed E-state index contributed by atoms with van der Waals surface area (Å²) in [7, 11) is 0. The summed E-state index contributed by atoms with van der Waals surface area (Å²) in [6.45, 7) is 5.46. The summed E-state index contributed by atoms with van der Waals surface area (Å²) in [5.74, 6) is 1.06. The molecule has 0 spiro atoms. The van der Waals surface area contributed by atoms with Gasteiger partial charge in [-0.1, -0.05) is 13.8 Å². The number of hydrogen-bond donors (Lipinski definition) is 1. The summed E-state index contributed by atoms with van der Waals surface area (Å²) in [4.78, 5) is 17.1. The minimum atomic E-state index is -0.101. The van der Waals surface area contributed by atoms with Crippen molar-refractivity contribution in [3.63, 3.8) is 0 Å². The lowest BCUT2D eigenvalue weighted by molar-refractivity contribution is -0.170. The van der Waals surface area contributed by atoms with Gasteiger partial charge in [-0.05, 0) is 73.0 Å². The lowest BCUT2D eigenvalue weighted by atomic mass is 9.40. The number of pyridine rings is 1. The topological polar surface area (TPSA) is 42.0 Å². The molecule has 0 radical (unpaired) electrons. The molecule has 1 aromatic heterocycles. The van der Waals surface area contributed by atoms with Crippen LogP contribution < -0.4 is 5.32 Å². The molecule has 1 heterocycles. The highest BCUT2D eigenvalue weighted by Crippen LogP contribution is 2.69. The van der Waals surface area contributed by atoms with Crippen LogP contribution in [0.25, 0.3) is 0 Å². The van der Waals surface area contributed by atoms with Gasteiger partial charge in [0.05, 0.1) is 5.41 Å². The molecule has 22 heavy (non-hydrogen) atoms. The van der Waals surface area contributed by atoms with E-state index in [0.29, 0.717) is 23.3 Å². The quantitative estimate of drug-likeness (QED) is 0.924. The number of hydrogen-bond acceptors (Lipinski definition) is 2. The molecule has 4 atom stereocenters. The molecule has 4 saturated carbocycles. The smallest absolute Gasteiger partial charge is 0.226 e. The van der Waals surface area contributed by atoms with Crippen molar-refractivity contribution >= 4 is 5.91 Å². The Labute approximate surface area is 132 Å². The zero-order valence-corrected chi connectivity index (χ0v) is 13.7. The van der Waals surface area contributed by atoms with Gasteiger partial charge in [0.25, 0.3) is 0 Å². The lowest BCUT2D eigenvalue weighted by Crippen LogP contribution is -2.59. The third-order valence-electron chi connectivity index (χ3n) is 6.31. The molecule has 1 amide bonds. The van der Waals surface area contributed by atoms with E-state index in [4.69, 9.17) is 0 Å². The molecule has 118 valence electrons. The largest absolute Gasteiger partial charge is 0.352 e. The Balaban J connectivity index is 1.53. The Bertz CT molecular complexity index is 579. The monoisotopic (exact) mass is 298 g/mol. The third kappa shape index (κ3) is 2.26. The maximum atomic E-state index is 13.0. The van der Waals surface area contributed by atoms with Crippen LogP contribution in [0.2, 0.25) is 0 Å². The van der Waals surface area contributed by atoms with Crippen LogP contribution >= 0.6 is 0 Å². The number of aromatic nitrogens is 1. The van der Waals surface area contributed by atoms with E-state index in [-0.39, 0.29) is 5.41 Å². The maximum Gasteiger partial charge on any atom is 0.226 e. The molecule has 3 nitrogen and oxygen atoms in total. The van der Waals surface area contributed by atoms with Crippen molar-refractivity contribution in [1.29, 1.82) is 0 Å². The van der Waals surface area contributed by atoms with E-state index in [9.17, 15) is 4.79 Å². The predicted molar refractivity (Wildman–Crippen MR) is 85.9 cm³/mol. The van der Waals surface area contributed by atoms with Gasteiger partial charge in [0.2, 0.25) is 5.91 Å². The minimum Gasteiger partial charge on any atom is -0.352 e. The first-order chi connectivity index (χ1) is 10.4. The second-order valence-electron chi connectivity index (χ2n) is 8.95. The molecule has 0 aliphatic heterocycles. The molecule has 1 N–H and O–H groups in total. The van der Waals surface area contributed by atoms with Gasteiger partial charge in [-0.2, -0.15) is 0 Å². The van der Waals surface area contributed by atoms with E-state index < -0.39 is 0 Å². The normalized spacial score (nSPS) is 42.4. The van der Waals surface area contributed by atoms with E-state index in [0.717, 1.165) is 30.7 Å². The van der Waals surface area contributed by atoms with E-state index in [2.05, 4.69) is 24.1 Å². The summed E-state index contributed by atoms with van der Waals surface area (Å²) in [6, 6.07) is 3.95. The number of nitrogens with one attached hydrogen (secondary N) is 1. The van der Waals surface area contributed by atoms with Crippen LogP contribution in [0.3, 0.4) is 0 Å². The molecule has 0 aromatic carbocycles. The second-order valence-corrected chi connectivity index (χ2v) is 8.95. The molecule has 2 unspecified atom stereocenters. The third-order valence-corrected chi connectivity index (χ3v) is 6.31. The molecule has 1 aromatic rings. The minimum absolute atomic E-state index is 0.101. The van der Waals surface area contributed by atoms with Gasteiger partial charge in [0.1, 0.15) is 0 Å². The molecule has 4 aliphatic carbocycles. The van der Waals surface area contributed by atoms with Crippen molar-refractivity contribution in [3.8, 4) is 0 Å². The van der Waals surface area contributed by atoms with Crippen molar-refractivity contribution in [2.45, 2.75) is 58.9 Å². The van der Waals surface area contributed by atoms with Crippen LogP contribution in [-0.2, 0) is 11.3 Å². The Morgan fingerprint density at radius 3 is 2.36 bits per heavy atom. The fourth-order valence-electron chi connectivity index (χ4n) is 6.57. The average molecular weight is 298 g/mol. The van der Waals surface area contributed by atoms with E-state index >= 15 is 0 Å². The zero-order chi connectivity index (χ0) is 15.4. The van der Waals surface area contributed by atoms with Crippen molar-refractivity contribution in [2.75, 3.05) is 0 Å². The van der Waals surface area contributed by atoms with Gasteiger partial charge < -0.3 is 5.32 Å². The van der Waals surface area contributed by atoms with Gasteiger partial charge >= 0.3 is 0 Å². The van der Waals surface area contributed by atoms with Crippen LogP contribution in [-0.4, -0.2) is 10.9 Å². The first kappa shape index (κ1) is 14.2. The van der Waals surface area contributed by atoms with Crippen molar-refractivity contribution in [3.05, 3.63) is 30.1 Å². The molecule has 3 heteroatoms. The number of carbonyl (C=O) groups is 1. The highest BCUT2D eigenvalue weighted by atomic mass is 16.2. The standard InChI is InChI=1S/C19H26N2O/c1-17-7-15-8-18(2,11-17)13-19(9-15,12-17)16(22)21-10-14-3-5-20-6-4-14/h3-6,15H,7-13H2,1-2H3,(H,21,22)/t15?,17-,18+,19?. The summed E-state index contributed by atoms with van der Waals surface area (Å²) >= 11 is 0. The van der Waals surface area contributed by atoms with Crippen molar-refractivity contribution in [2.24, 2.45) is 22.2 Å². The Kier molecular flexibility index (Phi) is 2.95. The molecule has 5 rings (SSSR count). The van der Waals surface area contributed by atoms with Gasteiger partial charge in [-0.3, -0.25) is 9.78 Å². The van der Waals surface area contributed by atoms with Gasteiger partial charge in [0.15, 0.2) is 0 Å². The second kappa shape index (κ2) is 4.56. The van der Waals surface area contributed by atoms with Crippen LogP contribution in [0.1, 0.15) is 57.9 Å². The zero-order valence-electron chi connectivity index (χ0n) is 13.7. The molecular formula is C19H26N2O. The van der Waals surface area contributed by atoms with Gasteiger partial charge in [-0.25, -0.2) is 0 Å². The first-order valence-corrected chi connectivity index (χ1v) is 8.58. The van der Waals surface area contributed by atoms with Crippen molar-refractivity contribution < 1.29 is 4.79 Å². The van der Waals surface area contributed by atoms with E-state index in [1.807, 2.05) is 12.1 Å². The molecule has 0 saturated heterocycles. The number of amides is 1.